The van der Waals surface area contributed by atoms with Crippen molar-refractivity contribution in [3.63, 3.8) is 0 Å². The van der Waals surface area contributed by atoms with Crippen LogP contribution in [0, 0.1) is 6.92 Å². The van der Waals surface area contributed by atoms with E-state index in [9.17, 15) is 8.42 Å². The molecule has 2 N–H and O–H groups in total. The van der Waals surface area contributed by atoms with Gasteiger partial charge in [0.1, 0.15) is 5.71 Å². The van der Waals surface area contributed by atoms with Gasteiger partial charge in [-0.15, -0.1) is 0 Å². The molecule has 23 heavy (non-hydrogen) atoms. The number of nitrogens with zero attached hydrogens (tertiary/aromatic N) is 2. The number of nitrogens with one attached hydrogen (secondary N) is 1. The summed E-state index contributed by atoms with van der Waals surface area (Å²) in [5, 5.41) is 16.2. The van der Waals surface area contributed by atoms with E-state index in [-0.39, 0.29) is 16.3 Å². The molecule has 0 amide bonds. The largest absolute Gasteiger partial charge is 0.410 e. The minimum absolute atomic E-state index is 0.113. The Bertz CT molecular complexity index is 827. The predicted molar refractivity (Wildman–Crippen MR) is 89.4 cm³/mol. The first kappa shape index (κ1) is 16.7. The Balaban J connectivity index is 2.23. The van der Waals surface area contributed by atoms with E-state index in [1.165, 1.54) is 12.1 Å². The second kappa shape index (κ2) is 7.06. The number of hydrazone groups is 1. The summed E-state index contributed by atoms with van der Waals surface area (Å²) >= 11 is 0. The van der Waals surface area contributed by atoms with Gasteiger partial charge >= 0.3 is 0 Å². The summed E-state index contributed by atoms with van der Waals surface area (Å²) in [6.07, 6.45) is 0. The van der Waals surface area contributed by atoms with Gasteiger partial charge in [-0.2, -0.15) is 18.4 Å². The molecule has 0 heterocycles. The van der Waals surface area contributed by atoms with Gasteiger partial charge in [-0.05, 0) is 26.0 Å². The minimum atomic E-state index is -3.77. The molecule has 0 bridgehead atoms. The number of oxime groups is 1. The fraction of sp³-hybridized carbons (Fsp3) is 0.125. The Labute approximate surface area is 135 Å². The van der Waals surface area contributed by atoms with Gasteiger partial charge < -0.3 is 5.21 Å². The zero-order valence-corrected chi connectivity index (χ0v) is 13.6. The van der Waals surface area contributed by atoms with E-state index < -0.39 is 10.0 Å². The number of aryl methyl sites for hydroxylation is 1. The first-order chi connectivity index (χ1) is 10.9. The summed E-state index contributed by atoms with van der Waals surface area (Å²) in [5.41, 5.74) is 2.03. The van der Waals surface area contributed by atoms with Gasteiger partial charge in [0.15, 0.2) is 0 Å². The highest BCUT2D eigenvalue weighted by Crippen LogP contribution is 2.10. The lowest BCUT2D eigenvalue weighted by molar-refractivity contribution is 0.320. The third-order valence-electron chi connectivity index (χ3n) is 3.15. The molecule has 0 aliphatic carbocycles. The normalized spacial score (nSPS) is 13.0. The molecule has 6 nitrogen and oxygen atoms in total. The number of benzene rings is 2. The molecule has 7 heteroatoms. The Morgan fingerprint density at radius 2 is 1.65 bits per heavy atom. The maximum absolute atomic E-state index is 12.2. The monoisotopic (exact) mass is 331 g/mol. The van der Waals surface area contributed by atoms with Crippen molar-refractivity contribution in [1.82, 2.24) is 4.83 Å². The van der Waals surface area contributed by atoms with Crippen molar-refractivity contribution in [3.05, 3.63) is 65.7 Å². The molecule has 2 aromatic rings. The summed E-state index contributed by atoms with van der Waals surface area (Å²) in [5.74, 6) is 0. The molecule has 0 saturated carbocycles. The standard InChI is InChI=1S/C16H17N3O3S/c1-12-8-10-15(11-9-12)23(21,22)19-17-13(2)16(18-20)14-6-4-3-5-7-14/h3-11,19-20H,1-2H3. The van der Waals surface area contributed by atoms with Gasteiger partial charge in [-0.25, -0.2) is 0 Å². The minimum Gasteiger partial charge on any atom is -0.410 e. The molecular formula is C16H17N3O3S. The Morgan fingerprint density at radius 1 is 1.04 bits per heavy atom. The zero-order valence-electron chi connectivity index (χ0n) is 12.8. The molecule has 0 aliphatic heterocycles. The smallest absolute Gasteiger partial charge is 0.276 e. The van der Waals surface area contributed by atoms with Gasteiger partial charge in [0.05, 0.1) is 10.6 Å². The first-order valence-electron chi connectivity index (χ1n) is 6.84. The van der Waals surface area contributed by atoms with E-state index in [0.717, 1.165) is 5.56 Å². The van der Waals surface area contributed by atoms with E-state index >= 15 is 0 Å². The van der Waals surface area contributed by atoms with E-state index in [1.54, 1.807) is 43.3 Å². The quantitative estimate of drug-likeness (QED) is 0.501. The highest BCUT2D eigenvalue weighted by molar-refractivity contribution is 7.89. The third-order valence-corrected chi connectivity index (χ3v) is 4.38. The maximum Gasteiger partial charge on any atom is 0.276 e. The van der Waals surface area contributed by atoms with Crippen LogP contribution in [0.2, 0.25) is 0 Å². The summed E-state index contributed by atoms with van der Waals surface area (Å²) < 4.78 is 24.3. The number of hydrogen-bond donors (Lipinski definition) is 2. The van der Waals surface area contributed by atoms with Gasteiger partial charge in [-0.1, -0.05) is 53.2 Å². The lowest BCUT2D eigenvalue weighted by Gasteiger charge is -2.07. The van der Waals surface area contributed by atoms with Gasteiger partial charge in [0, 0.05) is 5.56 Å². The lowest BCUT2D eigenvalue weighted by atomic mass is 10.1. The molecule has 0 fully saturated rings. The molecule has 0 aromatic heterocycles. The third kappa shape index (κ3) is 4.17. The van der Waals surface area contributed by atoms with Crippen LogP contribution in [0.25, 0.3) is 0 Å². The van der Waals surface area contributed by atoms with E-state index in [0.29, 0.717) is 5.56 Å². The van der Waals surface area contributed by atoms with Crippen LogP contribution in [-0.2, 0) is 10.0 Å². The summed E-state index contributed by atoms with van der Waals surface area (Å²) in [6, 6.07) is 15.3. The average Bonchev–Trinajstić information content (AvgIpc) is 2.55. The molecule has 2 rings (SSSR count). The van der Waals surface area contributed by atoms with Crippen LogP contribution < -0.4 is 4.83 Å². The first-order valence-corrected chi connectivity index (χ1v) is 8.33. The molecule has 2 aromatic carbocycles. The molecule has 120 valence electrons. The maximum atomic E-state index is 12.2. The highest BCUT2D eigenvalue weighted by Gasteiger charge is 2.14. The number of sulfonamides is 1. The van der Waals surface area contributed by atoms with Crippen LogP contribution in [0.1, 0.15) is 18.1 Å². The number of hydrogen-bond acceptors (Lipinski definition) is 5. The Hall–Kier alpha value is -2.67. The van der Waals surface area contributed by atoms with Crippen molar-refractivity contribution in [2.24, 2.45) is 10.3 Å². The van der Waals surface area contributed by atoms with Gasteiger partial charge in [0.2, 0.25) is 0 Å². The summed E-state index contributed by atoms with van der Waals surface area (Å²) in [6.45, 7) is 3.43. The predicted octanol–water partition coefficient (Wildman–Crippen LogP) is 2.53. The van der Waals surface area contributed by atoms with Crippen molar-refractivity contribution in [3.8, 4) is 0 Å². The van der Waals surface area contributed by atoms with Crippen molar-refractivity contribution in [2.45, 2.75) is 18.7 Å². The number of rotatable bonds is 5. The van der Waals surface area contributed by atoms with Crippen molar-refractivity contribution < 1.29 is 13.6 Å². The van der Waals surface area contributed by atoms with Crippen molar-refractivity contribution in [1.29, 1.82) is 0 Å². The van der Waals surface area contributed by atoms with Crippen molar-refractivity contribution >= 4 is 21.4 Å². The van der Waals surface area contributed by atoms with Gasteiger partial charge in [0.25, 0.3) is 10.0 Å². The highest BCUT2D eigenvalue weighted by atomic mass is 32.2. The van der Waals surface area contributed by atoms with E-state index in [2.05, 4.69) is 15.1 Å². The van der Waals surface area contributed by atoms with Crippen molar-refractivity contribution in [2.75, 3.05) is 0 Å². The Kier molecular flexibility index (Phi) is 5.13. The fourth-order valence-electron chi connectivity index (χ4n) is 1.89. The van der Waals surface area contributed by atoms with Crippen LogP contribution in [0.5, 0.6) is 0 Å². The van der Waals surface area contributed by atoms with Gasteiger partial charge in [-0.3, -0.25) is 0 Å². The second-order valence-electron chi connectivity index (χ2n) is 4.92. The zero-order chi connectivity index (χ0) is 16.9. The molecule has 0 unspecified atom stereocenters. The topological polar surface area (TPSA) is 91.1 Å². The van der Waals surface area contributed by atoms with Crippen LogP contribution in [0.3, 0.4) is 0 Å². The average molecular weight is 331 g/mol. The van der Waals surface area contributed by atoms with Crippen LogP contribution in [0.15, 0.2) is 69.7 Å². The molecule has 0 spiro atoms. The Morgan fingerprint density at radius 3 is 2.22 bits per heavy atom. The van der Waals surface area contributed by atoms with E-state index in [4.69, 9.17) is 5.21 Å². The molecule has 0 radical (unpaired) electrons. The lowest BCUT2D eigenvalue weighted by Crippen LogP contribution is -2.23. The molecule has 0 saturated heterocycles. The molecular weight excluding hydrogens is 314 g/mol. The molecule has 0 aliphatic rings. The van der Waals surface area contributed by atoms with Crippen LogP contribution in [0.4, 0.5) is 0 Å². The summed E-state index contributed by atoms with van der Waals surface area (Å²) in [7, 11) is -3.77. The van der Waals surface area contributed by atoms with Crippen LogP contribution >= 0.6 is 0 Å². The van der Waals surface area contributed by atoms with Crippen LogP contribution in [-0.4, -0.2) is 25.0 Å². The fourth-order valence-corrected chi connectivity index (χ4v) is 2.74. The SMILES string of the molecule is CC(=NNS(=O)(=O)c1ccc(C)cc1)C(=NO)c1ccccc1. The van der Waals surface area contributed by atoms with E-state index in [1.807, 2.05) is 13.0 Å². The molecule has 0 atom stereocenters. The summed E-state index contributed by atoms with van der Waals surface area (Å²) in [4.78, 5) is 2.26. The second-order valence-corrected chi connectivity index (χ2v) is 6.58.